The van der Waals surface area contributed by atoms with Gasteiger partial charge >= 0.3 is 5.97 Å². The highest BCUT2D eigenvalue weighted by atomic mass is 16.5. The number of aliphatic carboxylic acids is 1. The summed E-state index contributed by atoms with van der Waals surface area (Å²) in [6, 6.07) is 15.3. The third-order valence-electron chi connectivity index (χ3n) is 6.04. The monoisotopic (exact) mass is 447 g/mol. The summed E-state index contributed by atoms with van der Waals surface area (Å²) in [6.45, 7) is 2.25. The van der Waals surface area contributed by atoms with Gasteiger partial charge < -0.3 is 19.9 Å². The number of carboxylic acid groups (broad SMARTS) is 1. The van der Waals surface area contributed by atoms with E-state index in [2.05, 4.69) is 15.3 Å². The van der Waals surface area contributed by atoms with Crippen molar-refractivity contribution in [3.05, 3.63) is 66.0 Å². The van der Waals surface area contributed by atoms with Crippen LogP contribution in [0.1, 0.15) is 49.7 Å². The van der Waals surface area contributed by atoms with E-state index in [9.17, 15) is 9.90 Å². The van der Waals surface area contributed by atoms with E-state index < -0.39 is 11.9 Å². The average molecular weight is 448 g/mol. The van der Waals surface area contributed by atoms with Crippen LogP contribution in [0.2, 0.25) is 0 Å². The molecule has 0 amide bonds. The number of ether oxygens (including phenoxy) is 2. The first kappa shape index (κ1) is 22.6. The number of benzene rings is 2. The van der Waals surface area contributed by atoms with Crippen LogP contribution in [0.5, 0.6) is 11.5 Å². The number of hydrogen-bond acceptors (Lipinski definition) is 6. The number of methoxy groups -OCH3 is 1. The van der Waals surface area contributed by atoms with Gasteiger partial charge in [0.1, 0.15) is 12.1 Å². The highest BCUT2D eigenvalue weighted by molar-refractivity contribution is 5.76. The molecule has 1 aromatic heterocycles. The Morgan fingerprint density at radius 3 is 2.55 bits per heavy atom. The van der Waals surface area contributed by atoms with Gasteiger partial charge in [0.15, 0.2) is 11.5 Å². The molecule has 0 aliphatic heterocycles. The summed E-state index contributed by atoms with van der Waals surface area (Å²) in [4.78, 5) is 19.9. The highest BCUT2D eigenvalue weighted by Gasteiger charge is 2.19. The first-order valence-corrected chi connectivity index (χ1v) is 11.3. The van der Waals surface area contributed by atoms with E-state index in [0.717, 1.165) is 46.7 Å². The Bertz CT molecular complexity index is 1090. The summed E-state index contributed by atoms with van der Waals surface area (Å²) in [7, 11) is 1.66. The van der Waals surface area contributed by atoms with Crippen molar-refractivity contribution in [2.75, 3.05) is 12.4 Å². The molecular weight excluding hydrogens is 418 g/mol. The summed E-state index contributed by atoms with van der Waals surface area (Å²) in [5.74, 6) is 0.843. The number of anilines is 1. The Kier molecular flexibility index (Phi) is 7.07. The zero-order valence-electron chi connectivity index (χ0n) is 19.0. The van der Waals surface area contributed by atoms with E-state index in [1.807, 2.05) is 48.5 Å². The third-order valence-corrected chi connectivity index (χ3v) is 6.04. The second-order valence-electron chi connectivity index (χ2n) is 8.33. The normalized spacial score (nSPS) is 14.6. The van der Waals surface area contributed by atoms with Crippen molar-refractivity contribution >= 4 is 11.8 Å². The van der Waals surface area contributed by atoms with Crippen molar-refractivity contribution in [3.63, 3.8) is 0 Å². The third kappa shape index (κ3) is 5.61. The van der Waals surface area contributed by atoms with Crippen molar-refractivity contribution in [1.29, 1.82) is 0 Å². The fourth-order valence-electron chi connectivity index (χ4n) is 4.00. The van der Waals surface area contributed by atoms with Crippen LogP contribution in [-0.2, 0) is 11.3 Å². The van der Waals surface area contributed by atoms with Crippen molar-refractivity contribution in [3.8, 4) is 22.8 Å². The minimum Gasteiger partial charge on any atom is -0.493 e. The summed E-state index contributed by atoms with van der Waals surface area (Å²) >= 11 is 0. The van der Waals surface area contributed by atoms with E-state index in [-0.39, 0.29) is 6.10 Å². The Balaban J connectivity index is 1.44. The molecule has 1 aliphatic rings. The van der Waals surface area contributed by atoms with Gasteiger partial charge in [-0.1, -0.05) is 30.3 Å². The molecule has 33 heavy (non-hydrogen) atoms. The van der Waals surface area contributed by atoms with Crippen LogP contribution in [0, 0.1) is 0 Å². The fraction of sp³-hybridized carbons (Fsp3) is 0.346. The molecule has 3 aromatic rings. The lowest BCUT2D eigenvalue weighted by molar-refractivity contribution is -0.138. The maximum Gasteiger partial charge on any atom is 0.310 e. The summed E-state index contributed by atoms with van der Waals surface area (Å²) in [5.41, 5.74) is 3.49. The molecule has 4 rings (SSSR count). The van der Waals surface area contributed by atoms with Gasteiger partial charge in [-0.3, -0.25) is 4.79 Å². The average Bonchev–Trinajstić information content (AvgIpc) is 3.36. The number of nitrogens with one attached hydrogen (secondary N) is 1. The zero-order chi connectivity index (χ0) is 23.2. The molecule has 0 saturated heterocycles. The van der Waals surface area contributed by atoms with Crippen LogP contribution in [0.25, 0.3) is 11.3 Å². The molecule has 1 aliphatic carbocycles. The number of aromatic nitrogens is 2. The van der Waals surface area contributed by atoms with Gasteiger partial charge in [-0.15, -0.1) is 0 Å². The molecule has 0 radical (unpaired) electrons. The first-order valence-electron chi connectivity index (χ1n) is 11.3. The van der Waals surface area contributed by atoms with Gasteiger partial charge in [0.2, 0.25) is 0 Å². The predicted molar refractivity (Wildman–Crippen MR) is 127 cm³/mol. The Labute approximate surface area is 193 Å². The molecule has 1 fully saturated rings. The lowest BCUT2D eigenvalue weighted by atomic mass is 9.99. The summed E-state index contributed by atoms with van der Waals surface area (Å²) in [6.07, 6.45) is 6.39. The lowest BCUT2D eigenvalue weighted by Gasteiger charge is -2.17. The van der Waals surface area contributed by atoms with Crippen molar-refractivity contribution < 1.29 is 19.4 Å². The molecule has 7 nitrogen and oxygen atoms in total. The summed E-state index contributed by atoms with van der Waals surface area (Å²) in [5, 5.41) is 12.5. The largest absolute Gasteiger partial charge is 0.493 e. The number of carbonyl (C=O) groups is 1. The van der Waals surface area contributed by atoms with Gasteiger partial charge in [0.05, 0.1) is 24.8 Å². The molecule has 7 heteroatoms. The Morgan fingerprint density at radius 2 is 1.85 bits per heavy atom. The number of rotatable bonds is 9. The van der Waals surface area contributed by atoms with E-state index >= 15 is 0 Å². The predicted octanol–water partition coefficient (Wildman–Crippen LogP) is 5.27. The molecule has 0 bridgehead atoms. The fourth-order valence-corrected chi connectivity index (χ4v) is 4.00. The van der Waals surface area contributed by atoms with Gasteiger partial charge in [-0.05, 0) is 55.9 Å². The molecular formula is C26H29N3O4. The molecule has 1 atom stereocenters. The minimum absolute atomic E-state index is 0.261. The van der Waals surface area contributed by atoms with E-state index in [1.54, 1.807) is 14.0 Å². The van der Waals surface area contributed by atoms with Crippen LogP contribution < -0.4 is 14.8 Å². The smallest absolute Gasteiger partial charge is 0.310 e. The minimum atomic E-state index is -0.841. The van der Waals surface area contributed by atoms with Crippen molar-refractivity contribution in [2.24, 2.45) is 0 Å². The van der Waals surface area contributed by atoms with E-state index in [4.69, 9.17) is 9.47 Å². The van der Waals surface area contributed by atoms with Crippen molar-refractivity contribution in [2.45, 2.75) is 51.2 Å². The summed E-state index contributed by atoms with van der Waals surface area (Å²) < 4.78 is 11.7. The molecule has 2 aromatic carbocycles. The van der Waals surface area contributed by atoms with Gasteiger partial charge in [-0.25, -0.2) is 9.97 Å². The quantitative estimate of drug-likeness (QED) is 0.461. The molecule has 172 valence electrons. The Hall–Kier alpha value is -3.61. The second kappa shape index (κ2) is 10.3. The lowest BCUT2D eigenvalue weighted by Crippen LogP contribution is -2.12. The molecule has 1 heterocycles. The van der Waals surface area contributed by atoms with Crippen LogP contribution >= 0.6 is 0 Å². The molecule has 2 N–H and O–H groups in total. The van der Waals surface area contributed by atoms with Gasteiger partial charge in [0, 0.05) is 18.2 Å². The highest BCUT2D eigenvalue weighted by Crippen LogP contribution is 2.32. The van der Waals surface area contributed by atoms with Crippen LogP contribution in [0.15, 0.2) is 54.9 Å². The van der Waals surface area contributed by atoms with Crippen molar-refractivity contribution in [1.82, 2.24) is 9.97 Å². The molecule has 1 unspecified atom stereocenters. The number of nitrogens with zero attached hydrogens (tertiary/aromatic N) is 2. The second-order valence-corrected chi connectivity index (χ2v) is 8.33. The topological polar surface area (TPSA) is 93.6 Å². The number of carboxylic acids is 1. The molecule has 0 spiro atoms. The van der Waals surface area contributed by atoms with E-state index in [1.165, 1.54) is 19.2 Å². The standard InChI is InChI=1S/C26H29N3O4/c1-17(26(30)31)19-8-10-20(11-9-19)22-14-25(29-16-28-22)27-15-18-7-12-23(32-2)24(13-18)33-21-5-3-4-6-21/h7-14,16-17,21H,3-6,15H2,1-2H3,(H,30,31)(H,27,28,29). The van der Waals surface area contributed by atoms with Gasteiger partial charge in [0.25, 0.3) is 0 Å². The van der Waals surface area contributed by atoms with E-state index in [0.29, 0.717) is 12.4 Å². The van der Waals surface area contributed by atoms with Crippen LogP contribution in [0.3, 0.4) is 0 Å². The maximum absolute atomic E-state index is 11.2. The van der Waals surface area contributed by atoms with Gasteiger partial charge in [-0.2, -0.15) is 0 Å². The number of hydrogen-bond donors (Lipinski definition) is 2. The SMILES string of the molecule is COc1ccc(CNc2cc(-c3ccc(C(C)C(=O)O)cc3)ncn2)cc1OC1CCCC1. The zero-order valence-corrected chi connectivity index (χ0v) is 19.0. The Morgan fingerprint density at radius 1 is 1.09 bits per heavy atom. The van der Waals surface area contributed by atoms with Crippen LogP contribution in [0.4, 0.5) is 5.82 Å². The molecule has 1 saturated carbocycles. The maximum atomic E-state index is 11.2. The first-order chi connectivity index (χ1) is 16.0. The van der Waals surface area contributed by atoms with Crippen LogP contribution in [-0.4, -0.2) is 34.3 Å².